The van der Waals surface area contributed by atoms with E-state index in [-0.39, 0.29) is 36.7 Å². The highest BCUT2D eigenvalue weighted by molar-refractivity contribution is 5.97. The number of nitrogens with one attached hydrogen (secondary N) is 2. The van der Waals surface area contributed by atoms with E-state index in [0.29, 0.717) is 12.4 Å². The summed E-state index contributed by atoms with van der Waals surface area (Å²) in [4.78, 5) is 34.4. The van der Waals surface area contributed by atoms with Gasteiger partial charge in [-0.05, 0) is 43.3 Å². The number of nitro groups is 1. The maximum atomic E-state index is 12.1. The second-order valence-electron chi connectivity index (χ2n) is 5.93. The summed E-state index contributed by atoms with van der Waals surface area (Å²) >= 11 is 0. The Bertz CT molecular complexity index is 884. The molecular weight excluding hydrogens is 394 g/mol. The summed E-state index contributed by atoms with van der Waals surface area (Å²) in [6, 6.07) is 10.9. The molecule has 0 fully saturated rings. The second-order valence-corrected chi connectivity index (χ2v) is 5.93. The van der Waals surface area contributed by atoms with Gasteiger partial charge in [-0.2, -0.15) is 0 Å². The van der Waals surface area contributed by atoms with Gasteiger partial charge < -0.3 is 24.8 Å². The molecule has 2 amide bonds. The average molecular weight is 417 g/mol. The molecule has 2 N–H and O–H groups in total. The van der Waals surface area contributed by atoms with Crippen LogP contribution in [0.3, 0.4) is 0 Å². The largest absolute Gasteiger partial charge is 0.494 e. The summed E-state index contributed by atoms with van der Waals surface area (Å²) < 4.78 is 15.7. The molecule has 0 aliphatic heterocycles. The Kier molecular flexibility index (Phi) is 8.42. The van der Waals surface area contributed by atoms with Gasteiger partial charge in [0.05, 0.1) is 31.7 Å². The van der Waals surface area contributed by atoms with E-state index in [0.717, 1.165) is 11.8 Å². The van der Waals surface area contributed by atoms with Gasteiger partial charge in [-0.1, -0.05) is 0 Å². The van der Waals surface area contributed by atoms with Crippen molar-refractivity contribution < 1.29 is 28.7 Å². The van der Waals surface area contributed by atoms with Crippen molar-refractivity contribution in [2.24, 2.45) is 0 Å². The minimum absolute atomic E-state index is 0.0434. The Morgan fingerprint density at radius 3 is 2.30 bits per heavy atom. The number of ether oxygens (including phenoxy) is 3. The fraction of sp³-hybridized carbons (Fsp3) is 0.300. The SMILES string of the molecule is CCOc1ccc(OCCNC(=O)CNC(=O)c2ccc(OC)c([N+](=O)[O-])c2)cc1. The van der Waals surface area contributed by atoms with Crippen LogP contribution in [0.5, 0.6) is 17.2 Å². The van der Waals surface area contributed by atoms with Gasteiger partial charge in [0.15, 0.2) is 5.75 Å². The molecule has 0 spiro atoms. The highest BCUT2D eigenvalue weighted by Gasteiger charge is 2.18. The number of hydrogen-bond donors (Lipinski definition) is 2. The third-order valence-corrected chi connectivity index (χ3v) is 3.87. The quantitative estimate of drug-likeness (QED) is 0.325. The van der Waals surface area contributed by atoms with Crippen molar-refractivity contribution in [3.63, 3.8) is 0 Å². The van der Waals surface area contributed by atoms with Crippen molar-refractivity contribution in [1.82, 2.24) is 10.6 Å². The summed E-state index contributed by atoms with van der Waals surface area (Å²) in [5, 5.41) is 16.0. The first kappa shape index (κ1) is 22.5. The van der Waals surface area contributed by atoms with Crippen molar-refractivity contribution in [3.05, 3.63) is 58.1 Å². The van der Waals surface area contributed by atoms with Gasteiger partial charge in [-0.15, -0.1) is 0 Å². The van der Waals surface area contributed by atoms with Crippen molar-refractivity contribution in [1.29, 1.82) is 0 Å². The first-order chi connectivity index (χ1) is 14.4. The summed E-state index contributed by atoms with van der Waals surface area (Å²) in [5.41, 5.74) is -0.282. The van der Waals surface area contributed by atoms with E-state index in [2.05, 4.69) is 10.6 Å². The van der Waals surface area contributed by atoms with Crippen LogP contribution in [-0.2, 0) is 4.79 Å². The van der Waals surface area contributed by atoms with Gasteiger partial charge in [0, 0.05) is 11.6 Å². The van der Waals surface area contributed by atoms with Crippen LogP contribution >= 0.6 is 0 Å². The number of nitrogens with zero attached hydrogens (tertiary/aromatic N) is 1. The number of hydrogen-bond acceptors (Lipinski definition) is 7. The van der Waals surface area contributed by atoms with Gasteiger partial charge in [0.2, 0.25) is 5.91 Å². The molecule has 0 radical (unpaired) electrons. The first-order valence-electron chi connectivity index (χ1n) is 9.17. The lowest BCUT2D eigenvalue weighted by molar-refractivity contribution is -0.385. The summed E-state index contributed by atoms with van der Waals surface area (Å²) in [6.45, 7) is 2.70. The molecule has 0 heterocycles. The Morgan fingerprint density at radius 2 is 1.70 bits per heavy atom. The number of rotatable bonds is 11. The lowest BCUT2D eigenvalue weighted by atomic mass is 10.1. The minimum Gasteiger partial charge on any atom is -0.494 e. The van der Waals surface area contributed by atoms with E-state index in [1.807, 2.05) is 6.92 Å². The van der Waals surface area contributed by atoms with E-state index in [4.69, 9.17) is 14.2 Å². The van der Waals surface area contributed by atoms with Gasteiger partial charge in [-0.25, -0.2) is 0 Å². The maximum Gasteiger partial charge on any atom is 0.311 e. The molecule has 160 valence electrons. The summed E-state index contributed by atoms with van der Waals surface area (Å²) in [5.74, 6) is 0.406. The number of carbonyl (C=O) groups is 2. The molecule has 0 aliphatic rings. The van der Waals surface area contributed by atoms with Crippen LogP contribution in [0.1, 0.15) is 17.3 Å². The smallest absolute Gasteiger partial charge is 0.311 e. The van der Waals surface area contributed by atoms with Crippen LogP contribution in [0.2, 0.25) is 0 Å². The maximum absolute atomic E-state index is 12.1. The third kappa shape index (κ3) is 6.66. The van der Waals surface area contributed by atoms with Crippen LogP contribution in [0.4, 0.5) is 5.69 Å². The molecule has 30 heavy (non-hydrogen) atoms. The van der Waals surface area contributed by atoms with Crippen LogP contribution in [0.15, 0.2) is 42.5 Å². The lowest BCUT2D eigenvalue weighted by Gasteiger charge is -2.10. The average Bonchev–Trinajstić information content (AvgIpc) is 2.75. The predicted molar refractivity (Wildman–Crippen MR) is 108 cm³/mol. The molecule has 10 heteroatoms. The second kappa shape index (κ2) is 11.2. The van der Waals surface area contributed by atoms with E-state index in [9.17, 15) is 19.7 Å². The van der Waals surface area contributed by atoms with Gasteiger partial charge in [0.25, 0.3) is 5.91 Å². The molecule has 10 nitrogen and oxygen atoms in total. The molecule has 0 bridgehead atoms. The normalized spacial score (nSPS) is 10.1. The van der Waals surface area contributed by atoms with Crippen molar-refractivity contribution in [2.75, 3.05) is 33.4 Å². The molecule has 0 atom stereocenters. The Labute approximate surface area is 173 Å². The Morgan fingerprint density at radius 1 is 1.03 bits per heavy atom. The molecular formula is C20H23N3O7. The molecule has 0 saturated carbocycles. The Hall–Kier alpha value is -3.82. The monoisotopic (exact) mass is 417 g/mol. The van der Waals surface area contributed by atoms with Gasteiger partial charge >= 0.3 is 5.69 Å². The molecule has 0 unspecified atom stereocenters. The third-order valence-electron chi connectivity index (χ3n) is 3.87. The van der Waals surface area contributed by atoms with Crippen LogP contribution in [-0.4, -0.2) is 50.2 Å². The minimum atomic E-state index is -0.646. The van der Waals surface area contributed by atoms with Crippen molar-refractivity contribution >= 4 is 17.5 Å². The van der Waals surface area contributed by atoms with Gasteiger partial charge in [-0.3, -0.25) is 19.7 Å². The van der Waals surface area contributed by atoms with E-state index in [1.165, 1.54) is 19.2 Å². The molecule has 0 aliphatic carbocycles. The molecule has 2 rings (SSSR count). The van der Waals surface area contributed by atoms with Crippen molar-refractivity contribution in [2.45, 2.75) is 6.92 Å². The van der Waals surface area contributed by atoms with Gasteiger partial charge in [0.1, 0.15) is 18.1 Å². The molecule has 2 aromatic rings. The number of benzene rings is 2. The first-order valence-corrected chi connectivity index (χ1v) is 9.17. The van der Waals surface area contributed by atoms with Crippen LogP contribution < -0.4 is 24.8 Å². The van der Waals surface area contributed by atoms with Crippen molar-refractivity contribution in [3.8, 4) is 17.2 Å². The highest BCUT2D eigenvalue weighted by atomic mass is 16.6. The van der Waals surface area contributed by atoms with E-state index < -0.39 is 16.7 Å². The van der Waals surface area contributed by atoms with E-state index in [1.54, 1.807) is 24.3 Å². The highest BCUT2D eigenvalue weighted by Crippen LogP contribution is 2.27. The standard InChI is InChI=1S/C20H23N3O7/c1-3-29-15-5-7-16(8-6-15)30-11-10-21-19(24)13-22-20(25)14-4-9-18(28-2)17(12-14)23(26)27/h4-9,12H,3,10-11,13H2,1-2H3,(H,21,24)(H,22,25). The number of amides is 2. The number of nitro benzene ring substituents is 1. The summed E-state index contributed by atoms with van der Waals surface area (Å²) in [6.07, 6.45) is 0. The predicted octanol–water partition coefficient (Wildman–Crippen LogP) is 1.93. The van der Waals surface area contributed by atoms with Crippen LogP contribution in [0, 0.1) is 10.1 Å². The molecule has 0 saturated heterocycles. The zero-order valence-corrected chi connectivity index (χ0v) is 16.7. The zero-order chi connectivity index (χ0) is 21.9. The molecule has 2 aromatic carbocycles. The lowest BCUT2D eigenvalue weighted by Crippen LogP contribution is -2.38. The topological polar surface area (TPSA) is 129 Å². The fourth-order valence-corrected chi connectivity index (χ4v) is 2.46. The molecule has 0 aromatic heterocycles. The number of methoxy groups -OCH3 is 1. The summed E-state index contributed by atoms with van der Waals surface area (Å²) in [7, 11) is 1.30. The zero-order valence-electron chi connectivity index (χ0n) is 16.7. The number of carbonyl (C=O) groups excluding carboxylic acids is 2. The van der Waals surface area contributed by atoms with Crippen LogP contribution in [0.25, 0.3) is 0 Å². The Balaban J connectivity index is 1.73. The van der Waals surface area contributed by atoms with E-state index >= 15 is 0 Å². The fourth-order valence-electron chi connectivity index (χ4n) is 2.46.